The molecule has 0 aliphatic heterocycles. The lowest BCUT2D eigenvalue weighted by molar-refractivity contribution is 0.0652. The topological polar surface area (TPSA) is 20.3 Å². The van der Waals surface area contributed by atoms with Gasteiger partial charge in [-0.1, -0.05) is 6.07 Å². The van der Waals surface area contributed by atoms with Gasteiger partial charge in [0.2, 0.25) is 0 Å². The summed E-state index contributed by atoms with van der Waals surface area (Å²) in [7, 11) is 1.91. The van der Waals surface area contributed by atoms with Gasteiger partial charge in [0.05, 0.1) is 0 Å². The van der Waals surface area contributed by atoms with Crippen molar-refractivity contribution in [1.82, 2.24) is 4.90 Å². The van der Waals surface area contributed by atoms with Crippen LogP contribution < -0.4 is 0 Å². The minimum absolute atomic E-state index is 0.151. The van der Waals surface area contributed by atoms with Crippen molar-refractivity contribution < 1.29 is 4.79 Å². The molecule has 0 radical (unpaired) electrons. The molecular weight excluding hydrogens is 301 g/mol. The standard InChI is InChI=1S/C12H14INO/c1-14(11-6-3-7-11)12(15)9-4-2-5-10(13)8-9/h2,4-5,8,11H,3,6-7H2,1H3. The van der Waals surface area contributed by atoms with Gasteiger partial charge in [0.25, 0.3) is 5.91 Å². The Labute approximate surface area is 104 Å². The van der Waals surface area contributed by atoms with E-state index >= 15 is 0 Å². The predicted octanol–water partition coefficient (Wildman–Crippen LogP) is 2.92. The van der Waals surface area contributed by atoms with Gasteiger partial charge in [-0.3, -0.25) is 4.79 Å². The minimum atomic E-state index is 0.151. The second-order valence-electron chi connectivity index (χ2n) is 4.01. The molecule has 80 valence electrons. The molecule has 2 rings (SSSR count). The first-order chi connectivity index (χ1) is 7.18. The Morgan fingerprint density at radius 1 is 1.47 bits per heavy atom. The van der Waals surface area contributed by atoms with Crippen LogP contribution in [-0.2, 0) is 0 Å². The Morgan fingerprint density at radius 3 is 2.73 bits per heavy atom. The Kier molecular flexibility index (Phi) is 3.29. The molecule has 15 heavy (non-hydrogen) atoms. The minimum Gasteiger partial charge on any atom is -0.339 e. The van der Waals surface area contributed by atoms with Gasteiger partial charge in [-0.2, -0.15) is 0 Å². The zero-order valence-electron chi connectivity index (χ0n) is 8.74. The van der Waals surface area contributed by atoms with E-state index < -0.39 is 0 Å². The molecule has 0 saturated heterocycles. The molecule has 0 unspecified atom stereocenters. The third kappa shape index (κ3) is 2.33. The maximum absolute atomic E-state index is 12.1. The summed E-state index contributed by atoms with van der Waals surface area (Å²) in [5.41, 5.74) is 0.802. The van der Waals surface area contributed by atoms with Crippen LogP contribution in [0.1, 0.15) is 29.6 Å². The van der Waals surface area contributed by atoms with E-state index in [1.54, 1.807) is 0 Å². The second-order valence-corrected chi connectivity index (χ2v) is 5.26. The molecule has 1 aliphatic carbocycles. The highest BCUT2D eigenvalue weighted by atomic mass is 127. The van der Waals surface area contributed by atoms with E-state index in [0.29, 0.717) is 6.04 Å². The Bertz CT molecular complexity index is 374. The van der Waals surface area contributed by atoms with Gasteiger partial charge in [0, 0.05) is 22.2 Å². The first kappa shape index (κ1) is 10.9. The van der Waals surface area contributed by atoms with Gasteiger partial charge >= 0.3 is 0 Å². The maximum Gasteiger partial charge on any atom is 0.253 e. The third-order valence-corrected chi connectivity index (χ3v) is 3.69. The lowest BCUT2D eigenvalue weighted by atomic mass is 9.91. The van der Waals surface area contributed by atoms with Crippen molar-refractivity contribution in [2.75, 3.05) is 7.05 Å². The van der Waals surface area contributed by atoms with Crippen LogP contribution >= 0.6 is 22.6 Å². The van der Waals surface area contributed by atoms with Gasteiger partial charge in [-0.05, 0) is 60.1 Å². The molecule has 1 amide bonds. The van der Waals surface area contributed by atoms with E-state index in [1.165, 1.54) is 6.42 Å². The second kappa shape index (κ2) is 4.51. The number of hydrogen-bond acceptors (Lipinski definition) is 1. The summed E-state index contributed by atoms with van der Waals surface area (Å²) in [6.45, 7) is 0. The largest absolute Gasteiger partial charge is 0.339 e. The number of hydrogen-bond donors (Lipinski definition) is 0. The van der Waals surface area contributed by atoms with Gasteiger partial charge in [0.1, 0.15) is 0 Å². The number of amides is 1. The molecule has 0 bridgehead atoms. The SMILES string of the molecule is CN(C(=O)c1cccc(I)c1)C1CCC1. The van der Waals surface area contributed by atoms with Crippen LogP contribution in [0, 0.1) is 3.57 Å². The first-order valence-electron chi connectivity index (χ1n) is 5.21. The van der Waals surface area contributed by atoms with E-state index in [0.717, 1.165) is 22.0 Å². The van der Waals surface area contributed by atoms with E-state index in [4.69, 9.17) is 0 Å². The van der Waals surface area contributed by atoms with Crippen LogP contribution in [-0.4, -0.2) is 23.9 Å². The normalized spacial score (nSPS) is 15.9. The summed E-state index contributed by atoms with van der Waals surface area (Å²) in [6.07, 6.45) is 3.58. The number of carbonyl (C=O) groups is 1. The molecule has 0 atom stereocenters. The average Bonchev–Trinajstić information content (AvgIpc) is 2.14. The highest BCUT2D eigenvalue weighted by Crippen LogP contribution is 2.25. The summed E-state index contributed by atoms with van der Waals surface area (Å²) in [6, 6.07) is 8.23. The van der Waals surface area contributed by atoms with Crippen molar-refractivity contribution in [2.45, 2.75) is 25.3 Å². The monoisotopic (exact) mass is 315 g/mol. The quantitative estimate of drug-likeness (QED) is 0.769. The Hall–Kier alpha value is -0.580. The summed E-state index contributed by atoms with van der Waals surface area (Å²) in [5.74, 6) is 0.151. The third-order valence-electron chi connectivity index (χ3n) is 3.01. The van der Waals surface area contributed by atoms with Gasteiger partial charge in [0.15, 0.2) is 0 Å². The molecule has 0 aromatic heterocycles. The van der Waals surface area contributed by atoms with Crippen LogP contribution in [0.2, 0.25) is 0 Å². The molecule has 1 saturated carbocycles. The smallest absolute Gasteiger partial charge is 0.253 e. The fraction of sp³-hybridized carbons (Fsp3) is 0.417. The Morgan fingerprint density at radius 2 is 2.20 bits per heavy atom. The molecule has 1 aromatic rings. The fourth-order valence-electron chi connectivity index (χ4n) is 1.76. The number of benzene rings is 1. The summed E-state index contributed by atoms with van der Waals surface area (Å²) < 4.78 is 1.11. The van der Waals surface area contributed by atoms with Crippen LogP contribution in [0.3, 0.4) is 0 Å². The summed E-state index contributed by atoms with van der Waals surface area (Å²) >= 11 is 2.23. The van der Waals surface area contributed by atoms with Crippen molar-refractivity contribution >= 4 is 28.5 Å². The molecule has 0 spiro atoms. The van der Waals surface area contributed by atoms with Crippen molar-refractivity contribution in [1.29, 1.82) is 0 Å². The maximum atomic E-state index is 12.1. The summed E-state index contributed by atoms with van der Waals surface area (Å²) in [5, 5.41) is 0. The van der Waals surface area contributed by atoms with Crippen LogP contribution in [0.4, 0.5) is 0 Å². The molecular formula is C12H14INO. The zero-order valence-corrected chi connectivity index (χ0v) is 10.9. The van der Waals surface area contributed by atoms with Crippen LogP contribution in [0.15, 0.2) is 24.3 Å². The molecule has 0 N–H and O–H groups in total. The Balaban J connectivity index is 2.12. The number of halogens is 1. The lowest BCUT2D eigenvalue weighted by Crippen LogP contribution is -2.41. The van der Waals surface area contributed by atoms with Crippen molar-refractivity contribution in [2.24, 2.45) is 0 Å². The summed E-state index contributed by atoms with van der Waals surface area (Å²) in [4.78, 5) is 13.9. The predicted molar refractivity (Wildman–Crippen MR) is 68.9 cm³/mol. The van der Waals surface area contributed by atoms with Crippen molar-refractivity contribution in [3.05, 3.63) is 33.4 Å². The van der Waals surface area contributed by atoms with E-state index in [-0.39, 0.29) is 5.91 Å². The number of rotatable bonds is 2. The van der Waals surface area contributed by atoms with Crippen molar-refractivity contribution in [3.8, 4) is 0 Å². The first-order valence-corrected chi connectivity index (χ1v) is 6.29. The van der Waals surface area contributed by atoms with E-state index in [9.17, 15) is 4.79 Å². The molecule has 1 aromatic carbocycles. The van der Waals surface area contributed by atoms with Gasteiger partial charge in [-0.25, -0.2) is 0 Å². The van der Waals surface area contributed by atoms with Gasteiger partial charge in [-0.15, -0.1) is 0 Å². The fourth-order valence-corrected chi connectivity index (χ4v) is 2.31. The average molecular weight is 315 g/mol. The van der Waals surface area contributed by atoms with Crippen LogP contribution in [0.5, 0.6) is 0 Å². The number of nitrogens with zero attached hydrogens (tertiary/aromatic N) is 1. The molecule has 3 heteroatoms. The van der Waals surface area contributed by atoms with E-state index in [1.807, 2.05) is 36.2 Å². The molecule has 1 aliphatic rings. The molecule has 1 fully saturated rings. The highest BCUT2D eigenvalue weighted by molar-refractivity contribution is 14.1. The van der Waals surface area contributed by atoms with Gasteiger partial charge < -0.3 is 4.90 Å². The highest BCUT2D eigenvalue weighted by Gasteiger charge is 2.26. The molecule has 2 nitrogen and oxygen atoms in total. The zero-order chi connectivity index (χ0) is 10.8. The van der Waals surface area contributed by atoms with E-state index in [2.05, 4.69) is 22.6 Å². The van der Waals surface area contributed by atoms with Crippen molar-refractivity contribution in [3.63, 3.8) is 0 Å². The number of carbonyl (C=O) groups excluding carboxylic acids is 1. The van der Waals surface area contributed by atoms with Crippen LogP contribution in [0.25, 0.3) is 0 Å². The lowest BCUT2D eigenvalue weighted by Gasteiger charge is -2.34. The molecule has 0 heterocycles.